The average Bonchev–Trinajstić information content (AvgIpc) is 2.59. The van der Waals surface area contributed by atoms with Gasteiger partial charge >= 0.3 is 5.97 Å². The number of carbonyl (C=O) groups excluding carboxylic acids is 3. The lowest BCUT2D eigenvalue weighted by molar-refractivity contribution is -0.134. The molecule has 7 heteroatoms. The Bertz CT molecular complexity index is 596. The van der Waals surface area contributed by atoms with Gasteiger partial charge in [0, 0.05) is 20.0 Å². The first-order valence-corrected chi connectivity index (χ1v) is 7.35. The first-order valence-electron chi connectivity index (χ1n) is 7.35. The van der Waals surface area contributed by atoms with E-state index in [9.17, 15) is 14.4 Å². The minimum atomic E-state index is -0.550. The maximum absolute atomic E-state index is 12.4. The number of esters is 1. The largest absolute Gasteiger partial charge is 0.465 e. The van der Waals surface area contributed by atoms with Gasteiger partial charge in [0.1, 0.15) is 6.54 Å². The van der Waals surface area contributed by atoms with Crippen LogP contribution in [0.25, 0.3) is 0 Å². The zero-order valence-electron chi connectivity index (χ0n) is 13.3. The molecule has 0 N–H and O–H groups in total. The third-order valence-corrected chi connectivity index (χ3v) is 3.64. The summed E-state index contributed by atoms with van der Waals surface area (Å²) in [6, 6.07) is 6.57. The topological polar surface area (TPSA) is 76.2 Å². The van der Waals surface area contributed by atoms with Crippen molar-refractivity contribution in [1.82, 2.24) is 4.90 Å². The van der Waals surface area contributed by atoms with Crippen LogP contribution in [0, 0.1) is 0 Å². The first-order chi connectivity index (χ1) is 11.0. The maximum Gasteiger partial charge on any atom is 0.339 e. The highest BCUT2D eigenvalue weighted by Gasteiger charge is 2.25. The standard InChI is InChI=1S/C16H20N2O5/c1-12(19)18(11-15(20)17-7-9-23-10-8-17)14-6-4-3-5-13(14)16(21)22-2/h3-6H,7-11H2,1-2H3. The average molecular weight is 320 g/mol. The van der Waals surface area contributed by atoms with E-state index >= 15 is 0 Å². The van der Waals surface area contributed by atoms with Crippen molar-refractivity contribution >= 4 is 23.5 Å². The Morgan fingerprint density at radius 3 is 2.48 bits per heavy atom. The number of benzene rings is 1. The predicted octanol–water partition coefficient (Wildman–Crippen LogP) is 0.685. The number of hydrogen-bond donors (Lipinski definition) is 0. The molecule has 2 rings (SSSR count). The number of anilines is 1. The molecule has 0 unspecified atom stereocenters. The van der Waals surface area contributed by atoms with Crippen LogP contribution in [0.5, 0.6) is 0 Å². The lowest BCUT2D eigenvalue weighted by Crippen LogP contribution is -2.47. The second-order valence-electron chi connectivity index (χ2n) is 5.11. The number of para-hydroxylation sites is 1. The fourth-order valence-corrected chi connectivity index (χ4v) is 2.41. The fourth-order valence-electron chi connectivity index (χ4n) is 2.41. The van der Waals surface area contributed by atoms with Crippen LogP contribution < -0.4 is 4.90 Å². The maximum atomic E-state index is 12.4. The molecule has 0 atom stereocenters. The van der Waals surface area contributed by atoms with Gasteiger partial charge < -0.3 is 19.3 Å². The summed E-state index contributed by atoms with van der Waals surface area (Å²) in [6.07, 6.45) is 0. The van der Waals surface area contributed by atoms with E-state index in [1.54, 1.807) is 29.2 Å². The van der Waals surface area contributed by atoms with Crippen LogP contribution in [0.4, 0.5) is 5.69 Å². The third-order valence-electron chi connectivity index (χ3n) is 3.64. The number of methoxy groups -OCH3 is 1. The number of rotatable bonds is 4. The van der Waals surface area contributed by atoms with Gasteiger partial charge in [0.05, 0.1) is 31.6 Å². The van der Waals surface area contributed by atoms with Crippen LogP contribution >= 0.6 is 0 Å². The Morgan fingerprint density at radius 2 is 1.87 bits per heavy atom. The molecule has 7 nitrogen and oxygen atoms in total. The summed E-state index contributed by atoms with van der Waals surface area (Å²) in [5.41, 5.74) is 0.619. The first kappa shape index (κ1) is 17.0. The number of nitrogens with zero attached hydrogens (tertiary/aromatic N) is 2. The van der Waals surface area contributed by atoms with Crippen LogP contribution in [0.3, 0.4) is 0 Å². The molecule has 124 valence electrons. The van der Waals surface area contributed by atoms with Crippen molar-refractivity contribution in [1.29, 1.82) is 0 Å². The van der Waals surface area contributed by atoms with Gasteiger partial charge in [-0.15, -0.1) is 0 Å². The molecule has 23 heavy (non-hydrogen) atoms. The summed E-state index contributed by atoms with van der Waals surface area (Å²) in [4.78, 5) is 39.2. The third kappa shape index (κ3) is 4.07. The Labute approximate surface area is 134 Å². The molecule has 0 spiro atoms. The van der Waals surface area contributed by atoms with E-state index in [-0.39, 0.29) is 23.9 Å². The Morgan fingerprint density at radius 1 is 1.22 bits per heavy atom. The highest BCUT2D eigenvalue weighted by atomic mass is 16.5. The minimum Gasteiger partial charge on any atom is -0.465 e. The van der Waals surface area contributed by atoms with Crippen molar-refractivity contribution in [3.05, 3.63) is 29.8 Å². The van der Waals surface area contributed by atoms with Crippen molar-refractivity contribution in [3.63, 3.8) is 0 Å². The van der Waals surface area contributed by atoms with E-state index in [1.165, 1.54) is 18.9 Å². The zero-order chi connectivity index (χ0) is 16.8. The second-order valence-corrected chi connectivity index (χ2v) is 5.11. The van der Waals surface area contributed by atoms with E-state index in [4.69, 9.17) is 9.47 Å². The summed E-state index contributed by atoms with van der Waals surface area (Å²) in [7, 11) is 1.27. The van der Waals surface area contributed by atoms with Gasteiger partial charge in [-0.1, -0.05) is 12.1 Å². The number of carbonyl (C=O) groups is 3. The molecule has 1 fully saturated rings. The number of morpholine rings is 1. The Kier molecular flexibility index (Phi) is 5.70. The molecule has 0 saturated carbocycles. The smallest absolute Gasteiger partial charge is 0.339 e. The van der Waals surface area contributed by atoms with Gasteiger partial charge in [-0.05, 0) is 12.1 Å². The molecule has 0 aromatic heterocycles. The van der Waals surface area contributed by atoms with Gasteiger partial charge in [0.2, 0.25) is 11.8 Å². The van der Waals surface area contributed by atoms with Crippen LogP contribution in [0.15, 0.2) is 24.3 Å². The van der Waals surface area contributed by atoms with Crippen LogP contribution in [0.2, 0.25) is 0 Å². The molecule has 0 radical (unpaired) electrons. The van der Waals surface area contributed by atoms with Gasteiger partial charge in [0.15, 0.2) is 0 Å². The highest BCUT2D eigenvalue weighted by molar-refractivity contribution is 6.04. The molecule has 1 aliphatic rings. The van der Waals surface area contributed by atoms with Crippen LogP contribution in [-0.4, -0.2) is 62.6 Å². The van der Waals surface area contributed by atoms with E-state index in [0.717, 1.165) is 0 Å². The van der Waals surface area contributed by atoms with Gasteiger partial charge in [-0.3, -0.25) is 9.59 Å². The Balaban J connectivity index is 2.23. The summed E-state index contributed by atoms with van der Waals surface area (Å²) in [5, 5.41) is 0. The fraction of sp³-hybridized carbons (Fsp3) is 0.438. The number of ether oxygens (including phenoxy) is 2. The van der Waals surface area contributed by atoms with Crippen molar-refractivity contribution in [2.45, 2.75) is 6.92 Å². The number of hydrogen-bond acceptors (Lipinski definition) is 5. The van der Waals surface area contributed by atoms with E-state index < -0.39 is 5.97 Å². The molecular weight excluding hydrogens is 300 g/mol. The van der Waals surface area contributed by atoms with Gasteiger partial charge in [-0.2, -0.15) is 0 Å². The second kappa shape index (κ2) is 7.73. The van der Waals surface area contributed by atoms with E-state index in [1.807, 2.05) is 0 Å². The quantitative estimate of drug-likeness (QED) is 0.763. The minimum absolute atomic E-state index is 0.122. The van der Waals surface area contributed by atoms with Crippen LogP contribution in [-0.2, 0) is 19.1 Å². The monoisotopic (exact) mass is 320 g/mol. The molecule has 1 saturated heterocycles. The normalized spacial score (nSPS) is 14.3. The Hall–Kier alpha value is -2.41. The summed E-state index contributed by atoms with van der Waals surface area (Å²) in [5.74, 6) is -1.04. The molecule has 0 bridgehead atoms. The van der Waals surface area contributed by atoms with E-state index in [0.29, 0.717) is 32.0 Å². The lowest BCUT2D eigenvalue weighted by atomic mass is 10.1. The summed E-state index contributed by atoms with van der Waals surface area (Å²) < 4.78 is 9.96. The van der Waals surface area contributed by atoms with Crippen molar-refractivity contribution < 1.29 is 23.9 Å². The molecule has 1 aromatic carbocycles. The van der Waals surface area contributed by atoms with Crippen LogP contribution in [0.1, 0.15) is 17.3 Å². The molecule has 1 heterocycles. The van der Waals surface area contributed by atoms with Gasteiger partial charge in [0.25, 0.3) is 0 Å². The van der Waals surface area contributed by atoms with Gasteiger partial charge in [-0.25, -0.2) is 4.79 Å². The molecule has 1 aliphatic heterocycles. The summed E-state index contributed by atoms with van der Waals surface area (Å²) in [6.45, 7) is 3.23. The zero-order valence-corrected chi connectivity index (χ0v) is 13.3. The van der Waals surface area contributed by atoms with E-state index in [2.05, 4.69) is 0 Å². The predicted molar refractivity (Wildman–Crippen MR) is 83.2 cm³/mol. The number of amides is 2. The van der Waals surface area contributed by atoms with Crippen molar-refractivity contribution in [2.75, 3.05) is 44.9 Å². The molecule has 0 aliphatic carbocycles. The lowest BCUT2D eigenvalue weighted by Gasteiger charge is -2.30. The molecular formula is C16H20N2O5. The summed E-state index contributed by atoms with van der Waals surface area (Å²) >= 11 is 0. The molecule has 2 amide bonds. The van der Waals surface area contributed by atoms with Crippen molar-refractivity contribution in [3.8, 4) is 0 Å². The molecule has 1 aromatic rings. The SMILES string of the molecule is COC(=O)c1ccccc1N(CC(=O)N1CCOCC1)C(C)=O. The highest BCUT2D eigenvalue weighted by Crippen LogP contribution is 2.21. The van der Waals surface area contributed by atoms with Crippen molar-refractivity contribution in [2.24, 2.45) is 0 Å².